The minimum absolute atomic E-state index is 0.0451. The maximum Gasteiger partial charge on any atom is 0.141 e. The average Bonchev–Trinajstić information content (AvgIpc) is 2.67. The molecule has 126 valence electrons. The van der Waals surface area contributed by atoms with Crippen molar-refractivity contribution in [1.29, 1.82) is 0 Å². The number of hydrogen-bond acceptors (Lipinski definition) is 3. The molecule has 1 heterocycles. The molecule has 1 fully saturated rings. The zero-order valence-electron chi connectivity index (χ0n) is 14.2. The Hall–Kier alpha value is -2.62. The molecule has 0 saturated carbocycles. The van der Waals surface area contributed by atoms with Gasteiger partial charge < -0.3 is 9.47 Å². The quantitative estimate of drug-likeness (QED) is 0.672. The van der Waals surface area contributed by atoms with Crippen molar-refractivity contribution in [1.82, 2.24) is 4.90 Å². The first-order valence-electron chi connectivity index (χ1n) is 8.48. The van der Waals surface area contributed by atoms with Crippen molar-refractivity contribution in [2.24, 2.45) is 0 Å². The van der Waals surface area contributed by atoms with E-state index in [2.05, 4.69) is 77.7 Å². The predicted octanol–water partition coefficient (Wildman–Crippen LogP) is 4.77. The molecule has 1 unspecified atom stereocenters. The highest BCUT2D eigenvalue weighted by Gasteiger charge is 2.37. The smallest absolute Gasteiger partial charge is 0.141 e. The summed E-state index contributed by atoms with van der Waals surface area (Å²) in [6.45, 7) is 0.616. The van der Waals surface area contributed by atoms with E-state index in [1.54, 1.807) is 7.11 Å². The van der Waals surface area contributed by atoms with Crippen LogP contribution in [0.3, 0.4) is 0 Å². The van der Waals surface area contributed by atoms with Crippen LogP contribution in [0.1, 0.15) is 29.0 Å². The summed E-state index contributed by atoms with van der Waals surface area (Å²) < 4.78 is 11.2. The van der Waals surface area contributed by atoms with Crippen LogP contribution in [-0.4, -0.2) is 18.7 Å². The van der Waals surface area contributed by atoms with E-state index in [1.165, 1.54) is 11.1 Å². The van der Waals surface area contributed by atoms with Crippen LogP contribution in [0.4, 0.5) is 0 Å². The lowest BCUT2D eigenvalue weighted by atomic mass is 9.95. The molecule has 1 aliphatic heterocycles. The number of methoxy groups -OCH3 is 1. The third kappa shape index (κ3) is 3.16. The van der Waals surface area contributed by atoms with E-state index in [-0.39, 0.29) is 12.3 Å². The van der Waals surface area contributed by atoms with Gasteiger partial charge in [-0.1, -0.05) is 72.8 Å². The van der Waals surface area contributed by atoms with Gasteiger partial charge in [-0.15, -0.1) is 0 Å². The first-order chi connectivity index (χ1) is 12.4. The van der Waals surface area contributed by atoms with Crippen LogP contribution in [0.15, 0.2) is 84.9 Å². The number of hydrogen-bond donors (Lipinski definition) is 0. The van der Waals surface area contributed by atoms with Crippen LogP contribution in [-0.2, 0) is 4.74 Å². The van der Waals surface area contributed by atoms with E-state index in [9.17, 15) is 0 Å². The number of benzene rings is 3. The van der Waals surface area contributed by atoms with Gasteiger partial charge in [0, 0.05) is 0 Å². The maximum absolute atomic E-state index is 5.91. The number of rotatable bonds is 5. The number of nitrogens with zero attached hydrogens (tertiary/aromatic N) is 1. The van der Waals surface area contributed by atoms with Gasteiger partial charge in [-0.3, -0.25) is 0 Å². The Kier molecular flexibility index (Phi) is 4.51. The van der Waals surface area contributed by atoms with Crippen molar-refractivity contribution in [3.05, 3.63) is 102 Å². The molecule has 4 rings (SSSR count). The van der Waals surface area contributed by atoms with Gasteiger partial charge in [0.15, 0.2) is 0 Å². The minimum atomic E-state index is -0.0451. The SMILES string of the molecule is COc1ccc(C2OCN2C(c2ccccc2)c2ccccc2)cc1. The van der Waals surface area contributed by atoms with E-state index < -0.39 is 0 Å². The van der Waals surface area contributed by atoms with E-state index in [0.29, 0.717) is 6.73 Å². The monoisotopic (exact) mass is 331 g/mol. The number of ether oxygens (including phenoxy) is 2. The fraction of sp³-hybridized carbons (Fsp3) is 0.182. The van der Waals surface area contributed by atoms with Crippen molar-refractivity contribution < 1.29 is 9.47 Å². The highest BCUT2D eigenvalue weighted by atomic mass is 16.6. The first-order valence-corrected chi connectivity index (χ1v) is 8.48. The molecule has 3 aromatic rings. The largest absolute Gasteiger partial charge is 0.497 e. The molecule has 3 heteroatoms. The Morgan fingerprint density at radius 2 is 1.40 bits per heavy atom. The molecule has 0 radical (unpaired) electrons. The molecule has 0 amide bonds. The molecule has 1 saturated heterocycles. The summed E-state index contributed by atoms with van der Waals surface area (Å²) >= 11 is 0. The van der Waals surface area contributed by atoms with Gasteiger partial charge in [-0.05, 0) is 28.8 Å². The van der Waals surface area contributed by atoms with Crippen molar-refractivity contribution in [3.63, 3.8) is 0 Å². The summed E-state index contributed by atoms with van der Waals surface area (Å²) in [7, 11) is 1.68. The lowest BCUT2D eigenvalue weighted by Crippen LogP contribution is -2.46. The van der Waals surface area contributed by atoms with Crippen LogP contribution < -0.4 is 4.74 Å². The second kappa shape index (κ2) is 7.09. The molecular formula is C22H21NO2. The lowest BCUT2D eigenvalue weighted by molar-refractivity contribution is -0.238. The maximum atomic E-state index is 5.91. The highest BCUT2D eigenvalue weighted by Crippen LogP contribution is 2.41. The molecule has 3 aromatic carbocycles. The molecule has 25 heavy (non-hydrogen) atoms. The molecule has 0 spiro atoms. The van der Waals surface area contributed by atoms with E-state index >= 15 is 0 Å². The fourth-order valence-corrected chi connectivity index (χ4v) is 3.35. The van der Waals surface area contributed by atoms with E-state index in [0.717, 1.165) is 11.3 Å². The Morgan fingerprint density at radius 3 is 1.84 bits per heavy atom. The van der Waals surface area contributed by atoms with Crippen LogP contribution in [0.25, 0.3) is 0 Å². The fourth-order valence-electron chi connectivity index (χ4n) is 3.35. The Labute approximate surface area is 148 Å². The van der Waals surface area contributed by atoms with Crippen molar-refractivity contribution >= 4 is 0 Å². The van der Waals surface area contributed by atoms with Gasteiger partial charge in [0.05, 0.1) is 13.2 Å². The summed E-state index contributed by atoms with van der Waals surface area (Å²) in [6, 6.07) is 29.5. The van der Waals surface area contributed by atoms with Gasteiger partial charge in [0.25, 0.3) is 0 Å². The zero-order chi connectivity index (χ0) is 17.1. The average molecular weight is 331 g/mol. The van der Waals surface area contributed by atoms with Crippen LogP contribution >= 0.6 is 0 Å². The lowest BCUT2D eigenvalue weighted by Gasteiger charge is -2.46. The van der Waals surface area contributed by atoms with Gasteiger partial charge in [0.1, 0.15) is 18.7 Å². The molecular weight excluding hydrogens is 310 g/mol. The molecule has 1 aliphatic rings. The summed E-state index contributed by atoms with van der Waals surface area (Å²) in [5.41, 5.74) is 3.69. The Bertz CT molecular complexity index is 763. The van der Waals surface area contributed by atoms with Crippen molar-refractivity contribution in [2.45, 2.75) is 12.3 Å². The normalized spacial score (nSPS) is 17.3. The molecule has 3 nitrogen and oxygen atoms in total. The van der Waals surface area contributed by atoms with Crippen LogP contribution in [0, 0.1) is 0 Å². The highest BCUT2D eigenvalue weighted by molar-refractivity contribution is 5.34. The third-order valence-corrected chi connectivity index (χ3v) is 4.65. The van der Waals surface area contributed by atoms with Crippen molar-refractivity contribution in [2.75, 3.05) is 13.8 Å². The Balaban J connectivity index is 1.67. The summed E-state index contributed by atoms with van der Waals surface area (Å²) in [5, 5.41) is 0. The van der Waals surface area contributed by atoms with Gasteiger partial charge >= 0.3 is 0 Å². The molecule has 0 aliphatic carbocycles. The standard InChI is InChI=1S/C22H21NO2/c1-24-20-14-12-19(13-15-20)22-23(16-25-22)21(17-8-4-2-5-9-17)18-10-6-3-7-11-18/h2-15,21-22H,16H2,1H3. The Morgan fingerprint density at radius 1 is 0.840 bits per heavy atom. The minimum Gasteiger partial charge on any atom is -0.497 e. The topological polar surface area (TPSA) is 21.7 Å². The predicted molar refractivity (Wildman–Crippen MR) is 98.3 cm³/mol. The van der Waals surface area contributed by atoms with Gasteiger partial charge in [-0.2, -0.15) is 0 Å². The van der Waals surface area contributed by atoms with Gasteiger partial charge in [0.2, 0.25) is 0 Å². The van der Waals surface area contributed by atoms with Crippen molar-refractivity contribution in [3.8, 4) is 5.75 Å². The molecule has 1 atom stereocenters. The van der Waals surface area contributed by atoms with E-state index in [1.807, 2.05) is 12.1 Å². The zero-order valence-corrected chi connectivity index (χ0v) is 14.2. The van der Waals surface area contributed by atoms with E-state index in [4.69, 9.17) is 9.47 Å². The molecule has 0 bridgehead atoms. The summed E-state index contributed by atoms with van der Waals surface area (Å²) in [6.07, 6.45) is -0.0451. The summed E-state index contributed by atoms with van der Waals surface area (Å²) in [4.78, 5) is 2.38. The van der Waals surface area contributed by atoms with Crippen LogP contribution in [0.2, 0.25) is 0 Å². The van der Waals surface area contributed by atoms with Gasteiger partial charge in [-0.25, -0.2) is 4.90 Å². The third-order valence-electron chi connectivity index (χ3n) is 4.65. The summed E-state index contributed by atoms with van der Waals surface area (Å²) in [5.74, 6) is 0.859. The molecule has 0 aromatic heterocycles. The second-order valence-corrected chi connectivity index (χ2v) is 6.16. The van der Waals surface area contributed by atoms with Crippen LogP contribution in [0.5, 0.6) is 5.75 Å². The second-order valence-electron chi connectivity index (χ2n) is 6.16. The molecule has 0 N–H and O–H groups in total. The first kappa shape index (κ1) is 15.9.